The summed E-state index contributed by atoms with van der Waals surface area (Å²) in [6.45, 7) is -0.0817. The molecule has 3 aromatic rings. The molecule has 1 saturated carbocycles. The maximum atomic E-state index is 13.0. The van der Waals surface area contributed by atoms with Gasteiger partial charge in [-0.05, 0) is 42.7 Å². The lowest BCUT2D eigenvalue weighted by Gasteiger charge is -2.13. The summed E-state index contributed by atoms with van der Waals surface area (Å²) in [5, 5.41) is 3.83. The van der Waals surface area contributed by atoms with Crippen molar-refractivity contribution < 1.29 is 18.4 Å². The lowest BCUT2D eigenvalue weighted by molar-refractivity contribution is -0.148. The van der Waals surface area contributed by atoms with Crippen molar-refractivity contribution in [2.45, 2.75) is 24.9 Å². The van der Waals surface area contributed by atoms with E-state index in [1.807, 2.05) is 30.3 Å². The van der Waals surface area contributed by atoms with Crippen molar-refractivity contribution in [1.82, 2.24) is 10.1 Å². The molecule has 1 aliphatic carbocycles. The molecule has 0 aliphatic heterocycles. The highest BCUT2D eigenvalue weighted by atomic mass is 19.1. The summed E-state index contributed by atoms with van der Waals surface area (Å²) in [6.07, 6.45) is 1.56. The molecule has 6 heteroatoms. The van der Waals surface area contributed by atoms with Gasteiger partial charge in [0.15, 0.2) is 6.61 Å². The van der Waals surface area contributed by atoms with Crippen LogP contribution in [0.1, 0.15) is 24.3 Å². The number of carbonyl (C=O) groups is 1. The minimum Gasteiger partial charge on any atom is -0.455 e. The molecule has 0 bridgehead atoms. The highest BCUT2D eigenvalue weighted by Crippen LogP contribution is 2.49. The molecule has 0 amide bonds. The molecule has 1 heterocycles. The first-order valence-electron chi connectivity index (χ1n) is 7.99. The zero-order chi connectivity index (χ0) is 17.3. The maximum Gasteiger partial charge on any atom is 0.317 e. The van der Waals surface area contributed by atoms with Crippen molar-refractivity contribution in [3.63, 3.8) is 0 Å². The van der Waals surface area contributed by atoms with Crippen molar-refractivity contribution >= 4 is 5.97 Å². The van der Waals surface area contributed by atoms with Crippen LogP contribution in [0.25, 0.3) is 11.4 Å². The van der Waals surface area contributed by atoms with E-state index in [1.165, 1.54) is 12.1 Å². The van der Waals surface area contributed by atoms with E-state index in [9.17, 15) is 9.18 Å². The maximum absolute atomic E-state index is 13.0. The molecule has 0 unspecified atom stereocenters. The fraction of sp³-hybridized carbons (Fsp3) is 0.211. The Labute approximate surface area is 143 Å². The van der Waals surface area contributed by atoms with Crippen molar-refractivity contribution in [3.8, 4) is 11.4 Å². The highest BCUT2D eigenvalue weighted by molar-refractivity contribution is 5.86. The quantitative estimate of drug-likeness (QED) is 0.664. The number of aromatic nitrogens is 2. The van der Waals surface area contributed by atoms with Crippen molar-refractivity contribution in [1.29, 1.82) is 0 Å². The molecular weight excluding hydrogens is 323 g/mol. The average Bonchev–Trinajstić information content (AvgIpc) is 3.33. The topological polar surface area (TPSA) is 65.2 Å². The van der Waals surface area contributed by atoms with Gasteiger partial charge in [-0.15, -0.1) is 0 Å². The van der Waals surface area contributed by atoms with Gasteiger partial charge in [0.05, 0.1) is 5.41 Å². The largest absolute Gasteiger partial charge is 0.455 e. The predicted octanol–water partition coefficient (Wildman–Crippen LogP) is 3.65. The second-order valence-corrected chi connectivity index (χ2v) is 6.04. The molecule has 5 nitrogen and oxygen atoms in total. The summed E-state index contributed by atoms with van der Waals surface area (Å²) < 4.78 is 23.4. The Hall–Kier alpha value is -3.02. The monoisotopic (exact) mass is 338 g/mol. The van der Waals surface area contributed by atoms with Gasteiger partial charge < -0.3 is 9.26 Å². The Morgan fingerprint density at radius 1 is 1.12 bits per heavy atom. The molecular formula is C19H15FN2O3. The normalized spacial score (nSPS) is 14.9. The van der Waals surface area contributed by atoms with Gasteiger partial charge in [-0.2, -0.15) is 4.98 Å². The molecule has 2 aromatic carbocycles. The first-order chi connectivity index (χ1) is 12.2. The summed E-state index contributed by atoms with van der Waals surface area (Å²) in [4.78, 5) is 16.6. The number of ether oxygens (including phenoxy) is 1. The van der Waals surface area contributed by atoms with Crippen LogP contribution in [0.3, 0.4) is 0 Å². The van der Waals surface area contributed by atoms with Gasteiger partial charge in [-0.1, -0.05) is 35.5 Å². The lowest BCUT2D eigenvalue weighted by Crippen LogP contribution is -2.23. The van der Waals surface area contributed by atoms with Crippen molar-refractivity contribution in [3.05, 3.63) is 71.9 Å². The number of halogens is 1. The highest BCUT2D eigenvalue weighted by Gasteiger charge is 2.52. The lowest BCUT2D eigenvalue weighted by atomic mass is 9.96. The predicted molar refractivity (Wildman–Crippen MR) is 86.8 cm³/mol. The van der Waals surface area contributed by atoms with Gasteiger partial charge in [0.25, 0.3) is 5.89 Å². The number of hydrogen-bond donors (Lipinski definition) is 0. The van der Waals surface area contributed by atoms with Gasteiger partial charge in [-0.25, -0.2) is 4.39 Å². The van der Waals surface area contributed by atoms with E-state index in [1.54, 1.807) is 12.1 Å². The Bertz CT molecular complexity index is 887. The number of nitrogens with zero attached hydrogens (tertiary/aromatic N) is 2. The number of rotatable bonds is 5. The van der Waals surface area contributed by atoms with E-state index in [2.05, 4.69) is 10.1 Å². The SMILES string of the molecule is O=C(OCc1nc(-c2ccc(F)cc2)no1)C1(c2ccccc2)CC1. The number of hydrogen-bond acceptors (Lipinski definition) is 5. The van der Waals surface area contributed by atoms with Gasteiger partial charge in [0.2, 0.25) is 5.82 Å². The molecule has 0 spiro atoms. The molecule has 126 valence electrons. The van der Waals surface area contributed by atoms with E-state index >= 15 is 0 Å². The second kappa shape index (κ2) is 6.12. The zero-order valence-corrected chi connectivity index (χ0v) is 13.3. The number of carbonyl (C=O) groups excluding carboxylic acids is 1. The molecule has 1 fully saturated rings. The van der Waals surface area contributed by atoms with Crippen molar-refractivity contribution in [2.24, 2.45) is 0 Å². The molecule has 4 rings (SSSR count). The molecule has 0 saturated heterocycles. The van der Waals surface area contributed by atoms with Crippen LogP contribution in [0.2, 0.25) is 0 Å². The summed E-state index contributed by atoms with van der Waals surface area (Å²) in [6, 6.07) is 15.4. The third kappa shape index (κ3) is 3.03. The minimum absolute atomic E-state index is 0.0817. The zero-order valence-electron chi connectivity index (χ0n) is 13.3. The molecule has 1 aliphatic rings. The third-order valence-electron chi connectivity index (χ3n) is 4.36. The molecule has 25 heavy (non-hydrogen) atoms. The Morgan fingerprint density at radius 2 is 1.84 bits per heavy atom. The Balaban J connectivity index is 1.42. The minimum atomic E-state index is -0.541. The molecule has 0 radical (unpaired) electrons. The first-order valence-corrected chi connectivity index (χ1v) is 7.99. The van der Waals surface area contributed by atoms with Gasteiger partial charge >= 0.3 is 5.97 Å². The van der Waals surface area contributed by atoms with Crippen LogP contribution in [0.5, 0.6) is 0 Å². The van der Waals surface area contributed by atoms with Crippen LogP contribution >= 0.6 is 0 Å². The molecule has 0 N–H and O–H groups in total. The standard InChI is InChI=1S/C19H15FN2O3/c20-15-8-6-13(7-9-15)17-21-16(25-22-17)12-24-18(23)19(10-11-19)14-4-2-1-3-5-14/h1-9H,10-12H2. The number of benzene rings is 2. The van der Waals surface area contributed by atoms with E-state index in [0.29, 0.717) is 11.4 Å². The van der Waals surface area contributed by atoms with Crippen LogP contribution in [0, 0.1) is 5.82 Å². The number of esters is 1. The van der Waals surface area contributed by atoms with Crippen LogP contribution in [-0.4, -0.2) is 16.1 Å². The average molecular weight is 338 g/mol. The van der Waals surface area contributed by atoms with E-state index < -0.39 is 5.41 Å². The fourth-order valence-corrected chi connectivity index (χ4v) is 2.79. The fourth-order valence-electron chi connectivity index (χ4n) is 2.79. The summed E-state index contributed by atoms with van der Waals surface area (Å²) in [7, 11) is 0. The van der Waals surface area contributed by atoms with Crippen LogP contribution < -0.4 is 0 Å². The Morgan fingerprint density at radius 3 is 2.52 bits per heavy atom. The van der Waals surface area contributed by atoms with Crippen molar-refractivity contribution in [2.75, 3.05) is 0 Å². The van der Waals surface area contributed by atoms with E-state index in [0.717, 1.165) is 18.4 Å². The summed E-state index contributed by atoms with van der Waals surface area (Å²) in [5.41, 5.74) is 1.06. The first kappa shape index (κ1) is 15.5. The van der Waals surface area contributed by atoms with E-state index in [-0.39, 0.29) is 24.3 Å². The summed E-state index contributed by atoms with van der Waals surface area (Å²) >= 11 is 0. The van der Waals surface area contributed by atoms with Crippen LogP contribution in [0.4, 0.5) is 4.39 Å². The molecule has 0 atom stereocenters. The smallest absolute Gasteiger partial charge is 0.317 e. The van der Waals surface area contributed by atoms with Crippen LogP contribution in [0.15, 0.2) is 59.1 Å². The third-order valence-corrected chi connectivity index (χ3v) is 4.36. The van der Waals surface area contributed by atoms with Gasteiger partial charge in [0, 0.05) is 5.56 Å². The Kier molecular flexibility index (Phi) is 3.80. The summed E-state index contributed by atoms with van der Waals surface area (Å²) in [5.74, 6) is -0.0796. The van der Waals surface area contributed by atoms with Gasteiger partial charge in [0.1, 0.15) is 5.82 Å². The van der Waals surface area contributed by atoms with Crippen LogP contribution in [-0.2, 0) is 21.6 Å². The van der Waals surface area contributed by atoms with E-state index in [4.69, 9.17) is 9.26 Å². The second-order valence-electron chi connectivity index (χ2n) is 6.04. The van der Waals surface area contributed by atoms with Gasteiger partial charge in [-0.3, -0.25) is 4.79 Å². The molecule has 1 aromatic heterocycles.